The highest BCUT2D eigenvalue weighted by Gasteiger charge is 2.32. The predicted octanol–water partition coefficient (Wildman–Crippen LogP) is 7.87. The summed E-state index contributed by atoms with van der Waals surface area (Å²) in [5, 5.41) is 19.9. The minimum absolute atomic E-state index is 0.0304. The van der Waals surface area contributed by atoms with Gasteiger partial charge in [-0.1, -0.05) is 106 Å². The molecule has 6 aromatic rings. The number of urea groups is 3. The first-order valence-corrected chi connectivity index (χ1v) is 43.5. The molecule has 0 radical (unpaired) electrons. The molecule has 0 aromatic heterocycles. The van der Waals surface area contributed by atoms with Crippen molar-refractivity contribution in [3.05, 3.63) is 189 Å². The Bertz CT molecular complexity index is 4040. The van der Waals surface area contributed by atoms with Gasteiger partial charge in [-0.15, -0.1) is 0 Å². The van der Waals surface area contributed by atoms with E-state index in [1.54, 1.807) is 72.8 Å². The van der Waals surface area contributed by atoms with Crippen molar-refractivity contribution in [3.63, 3.8) is 0 Å². The lowest BCUT2D eigenvalue weighted by atomic mass is 9.85. The van der Waals surface area contributed by atoms with Crippen LogP contribution >= 0.6 is 69.6 Å². The van der Waals surface area contributed by atoms with Crippen molar-refractivity contribution in [2.45, 2.75) is 52.1 Å². The summed E-state index contributed by atoms with van der Waals surface area (Å²) in [6.07, 6.45) is 0. The fourth-order valence-corrected chi connectivity index (χ4v) is 18.2. The van der Waals surface area contributed by atoms with Crippen LogP contribution in [0, 0.1) is 0 Å². The number of sulfonamides is 3. The highest BCUT2D eigenvalue weighted by molar-refractivity contribution is 7.90. The molecule has 614 valence electrons. The number of benzene rings is 6. The molecule has 0 fully saturated rings. The van der Waals surface area contributed by atoms with E-state index in [4.69, 9.17) is 98.0 Å². The fourth-order valence-electron chi connectivity index (χ4n) is 13.3. The number of likely N-dealkylation sites (N-methyl/N-ethyl adjacent to an activating group) is 3. The molecular weight excluding hydrogens is 1630 g/mol. The first-order chi connectivity index (χ1) is 53.7. The van der Waals surface area contributed by atoms with Gasteiger partial charge in [0, 0.05) is 166 Å². The summed E-state index contributed by atoms with van der Waals surface area (Å²) in [4.78, 5) is 47.1. The Morgan fingerprint density at radius 1 is 0.357 bits per heavy atom. The van der Waals surface area contributed by atoms with Gasteiger partial charge < -0.3 is 75.0 Å². The molecule has 9 rings (SSSR count). The number of hydrogen-bond acceptors (Lipinski definition) is 19. The molecular formula is C75H99Cl6N13O15S3. The van der Waals surface area contributed by atoms with Crippen LogP contribution in [0.5, 0.6) is 0 Å². The fraction of sp³-hybridized carbons (Fsp3) is 0.480. The summed E-state index contributed by atoms with van der Waals surface area (Å²) in [6, 6.07) is 30.0. The summed E-state index contributed by atoms with van der Waals surface area (Å²) in [5.74, 6) is -0.396. The molecule has 0 saturated carbocycles. The van der Waals surface area contributed by atoms with Crippen LogP contribution in [0.3, 0.4) is 0 Å². The van der Waals surface area contributed by atoms with Crippen molar-refractivity contribution in [1.82, 2.24) is 65.7 Å². The first-order valence-electron chi connectivity index (χ1n) is 36.8. The van der Waals surface area contributed by atoms with Gasteiger partial charge >= 0.3 is 18.1 Å². The van der Waals surface area contributed by atoms with E-state index in [9.17, 15) is 39.6 Å². The molecule has 3 aliphatic rings. The maximum Gasteiger partial charge on any atom is 0.314 e. The molecule has 37 heteroatoms. The van der Waals surface area contributed by atoms with E-state index in [1.165, 1.54) is 0 Å². The topological polar surface area (TPSA) is 330 Å². The number of nitrogens with zero attached hydrogens (tertiary/aromatic N) is 4. The van der Waals surface area contributed by atoms with Gasteiger partial charge in [-0.05, 0) is 144 Å². The summed E-state index contributed by atoms with van der Waals surface area (Å²) in [6.45, 7) is 8.28. The lowest BCUT2D eigenvalue weighted by molar-refractivity contribution is 0.0516. The largest absolute Gasteiger partial charge is 0.378 e. The molecule has 3 heterocycles. The van der Waals surface area contributed by atoms with E-state index in [0.717, 1.165) is 50.1 Å². The number of carbonyl (C=O) groups is 3. The average molecular weight is 1730 g/mol. The Kier molecular flexibility index (Phi) is 36.3. The van der Waals surface area contributed by atoms with E-state index in [0.29, 0.717) is 89.0 Å². The lowest BCUT2D eigenvalue weighted by Crippen LogP contribution is -2.47. The van der Waals surface area contributed by atoms with Crippen LogP contribution in [0.2, 0.25) is 30.1 Å². The molecule has 3 aliphatic heterocycles. The van der Waals surface area contributed by atoms with Crippen LogP contribution in [0.15, 0.2) is 124 Å². The molecule has 0 bridgehead atoms. The SMILES string of the molecule is CN1Cc2c(Cl)cc(Cl)cc2C(c2cccc(S(=O)(=O)NCCOCCOCCNC(=O)NCCN(CCNC(=O)NCCOCCOCCNS(=O)(=O)c3cccc(C4CN(C)Cc5c(Cl)cc(Cl)cc54)c3)CCNC(=O)NCCOCCOCCNS(=O)(=O)c3cccc(C4CN(C)Cc5c(Cl)cc(Cl)cc54)c3)c2)C1. The number of ether oxygens (including phenoxy) is 6. The van der Waals surface area contributed by atoms with Gasteiger partial charge in [0.15, 0.2) is 0 Å². The number of halogens is 6. The van der Waals surface area contributed by atoms with E-state index in [1.807, 2.05) is 62.4 Å². The van der Waals surface area contributed by atoms with E-state index in [-0.39, 0.29) is 171 Å². The van der Waals surface area contributed by atoms with Crippen molar-refractivity contribution in [2.75, 3.05) is 199 Å². The molecule has 112 heavy (non-hydrogen) atoms. The van der Waals surface area contributed by atoms with Gasteiger partial charge in [0.1, 0.15) is 0 Å². The number of amides is 6. The molecule has 3 unspecified atom stereocenters. The van der Waals surface area contributed by atoms with Gasteiger partial charge in [-0.3, -0.25) is 4.90 Å². The van der Waals surface area contributed by atoms with Crippen molar-refractivity contribution >= 4 is 118 Å². The van der Waals surface area contributed by atoms with Gasteiger partial charge in [0.2, 0.25) is 30.1 Å². The Labute approximate surface area is 686 Å². The van der Waals surface area contributed by atoms with E-state index < -0.39 is 48.2 Å². The first kappa shape index (κ1) is 90.1. The number of rotatable bonds is 45. The number of hydrogen-bond donors (Lipinski definition) is 9. The quantitative estimate of drug-likeness (QED) is 0.0164. The maximum atomic E-state index is 13.3. The van der Waals surface area contributed by atoms with Crippen LogP contribution in [0.4, 0.5) is 14.4 Å². The summed E-state index contributed by atoms with van der Waals surface area (Å²) in [7, 11) is -5.62. The molecule has 6 aromatic carbocycles. The highest BCUT2D eigenvalue weighted by Crippen LogP contribution is 2.42. The molecule has 28 nitrogen and oxygen atoms in total. The third kappa shape index (κ3) is 28.3. The standard InChI is InChI=1S/C75H99Cl6N13O15S3/c1-91-46-64(61-40-55(76)43-70(79)67(61)49-91)52-7-4-10-58(37-52)110(98,99)88-19-28-107-34-31-104-25-16-85-73(95)82-13-22-94(23-14-83-74(96)86-17-26-105-32-35-108-29-20-89-111(100,101)59-11-5-8-53(38-59)65-47-92(2)50-68-62(65)41-56(77)44-71(68)80)24-15-84-75(97)87-18-27-106-33-36-109-30-21-90-112(102,103)60-12-6-9-54(39-60)66-48-93(3)51-69-63(66)42-57(78)45-72(69)81/h4-12,37-45,64-66,88-90H,13-36,46-51H2,1-3H3,(H2,82,85,95)(H2,83,86,96)(H2,84,87,97). The van der Waals surface area contributed by atoms with Crippen molar-refractivity contribution in [2.24, 2.45) is 0 Å². The summed E-state index contributed by atoms with van der Waals surface area (Å²) in [5.41, 5.74) is 8.28. The average Bonchev–Trinajstić information content (AvgIpc) is 0.783. The zero-order chi connectivity index (χ0) is 80.2. The van der Waals surface area contributed by atoms with Crippen LogP contribution in [0.1, 0.15) is 67.8 Å². The Hall–Kier alpha value is -5.80. The summed E-state index contributed by atoms with van der Waals surface area (Å²) < 4.78 is 121. The maximum absolute atomic E-state index is 13.3. The second-order valence-corrected chi connectivity index (χ2v) is 34.9. The minimum Gasteiger partial charge on any atom is -0.378 e. The minimum atomic E-state index is -3.86. The van der Waals surface area contributed by atoms with Gasteiger partial charge in [-0.2, -0.15) is 0 Å². The molecule has 0 saturated heterocycles. The van der Waals surface area contributed by atoms with E-state index in [2.05, 4.69) is 60.8 Å². The highest BCUT2D eigenvalue weighted by atomic mass is 35.5. The Morgan fingerprint density at radius 2 is 0.607 bits per heavy atom. The van der Waals surface area contributed by atoms with Gasteiger partial charge in [-0.25, -0.2) is 53.8 Å². The van der Waals surface area contributed by atoms with E-state index >= 15 is 0 Å². The Morgan fingerprint density at radius 3 is 0.875 bits per heavy atom. The van der Waals surface area contributed by atoms with Crippen LogP contribution in [-0.2, 0) is 78.1 Å². The summed E-state index contributed by atoms with van der Waals surface area (Å²) >= 11 is 38.8. The molecule has 3 atom stereocenters. The van der Waals surface area contributed by atoms with Crippen molar-refractivity contribution < 1.29 is 68.1 Å². The van der Waals surface area contributed by atoms with Crippen LogP contribution < -0.4 is 46.1 Å². The second-order valence-electron chi connectivity index (χ2n) is 27.1. The predicted molar refractivity (Wildman–Crippen MR) is 434 cm³/mol. The van der Waals surface area contributed by atoms with Gasteiger partial charge in [0.05, 0.1) is 94.0 Å². The number of nitrogens with one attached hydrogen (secondary N) is 9. The van der Waals surface area contributed by atoms with Crippen LogP contribution in [-0.4, -0.2) is 262 Å². The zero-order valence-corrected chi connectivity index (χ0v) is 69.7. The molecule has 9 N–H and O–H groups in total. The van der Waals surface area contributed by atoms with Gasteiger partial charge in [0.25, 0.3) is 0 Å². The number of fused-ring (bicyclic) bond motifs is 3. The van der Waals surface area contributed by atoms with Crippen LogP contribution in [0.25, 0.3) is 0 Å². The lowest BCUT2D eigenvalue weighted by Gasteiger charge is -2.33. The molecule has 0 aliphatic carbocycles. The normalized spacial score (nSPS) is 16.2. The third-order valence-corrected chi connectivity index (χ3v) is 24.7. The smallest absolute Gasteiger partial charge is 0.314 e. The Balaban J connectivity index is 0.627. The second kappa shape index (κ2) is 45.1. The molecule has 6 amide bonds. The van der Waals surface area contributed by atoms with Crippen molar-refractivity contribution in [1.29, 1.82) is 0 Å². The molecule has 0 spiro atoms. The monoisotopic (exact) mass is 1730 g/mol. The third-order valence-electron chi connectivity index (χ3n) is 18.7. The van der Waals surface area contributed by atoms with Crippen molar-refractivity contribution in [3.8, 4) is 0 Å². The zero-order valence-electron chi connectivity index (χ0n) is 62.7. The number of carbonyl (C=O) groups excluding carboxylic acids is 3.